The molecule has 1 aromatic heterocycles. The summed E-state index contributed by atoms with van der Waals surface area (Å²) in [7, 11) is 0. The van der Waals surface area contributed by atoms with Gasteiger partial charge in [-0.1, -0.05) is 28.7 Å². The van der Waals surface area contributed by atoms with E-state index in [9.17, 15) is 0 Å². The van der Waals surface area contributed by atoms with Crippen molar-refractivity contribution in [2.45, 2.75) is 19.3 Å². The Labute approximate surface area is 107 Å². The van der Waals surface area contributed by atoms with Crippen LogP contribution in [0, 0.1) is 0 Å². The largest absolute Gasteiger partial charge is 0.478 e. The number of hydrogen-bond donors (Lipinski definition) is 0. The maximum absolute atomic E-state index is 5.49. The SMILES string of the molecule is Brc1cccc(OCCCCCI)n1. The molecule has 0 saturated carbocycles. The molecule has 2 nitrogen and oxygen atoms in total. The van der Waals surface area contributed by atoms with E-state index < -0.39 is 0 Å². The zero-order chi connectivity index (χ0) is 10.2. The predicted octanol–water partition coefficient (Wildman–Crippen LogP) is 3.83. The van der Waals surface area contributed by atoms with Crippen LogP contribution < -0.4 is 4.74 Å². The number of alkyl halides is 1. The zero-order valence-electron chi connectivity index (χ0n) is 7.88. The van der Waals surface area contributed by atoms with E-state index in [-0.39, 0.29) is 0 Å². The van der Waals surface area contributed by atoms with Crippen LogP contribution in [-0.2, 0) is 0 Å². The number of rotatable bonds is 6. The van der Waals surface area contributed by atoms with Crippen LogP contribution in [0.4, 0.5) is 0 Å². The van der Waals surface area contributed by atoms with Gasteiger partial charge < -0.3 is 4.74 Å². The molecular formula is C10H13BrINO. The van der Waals surface area contributed by atoms with Gasteiger partial charge in [0.25, 0.3) is 0 Å². The van der Waals surface area contributed by atoms with Gasteiger partial charge in [-0.15, -0.1) is 0 Å². The standard InChI is InChI=1S/C10H13BrINO/c11-9-5-4-6-10(13-9)14-8-3-1-2-7-12/h4-6H,1-3,7-8H2. The summed E-state index contributed by atoms with van der Waals surface area (Å²) in [4.78, 5) is 4.18. The van der Waals surface area contributed by atoms with E-state index in [1.54, 1.807) is 0 Å². The molecule has 0 N–H and O–H groups in total. The van der Waals surface area contributed by atoms with E-state index in [0.717, 1.165) is 17.6 Å². The third kappa shape index (κ3) is 5.14. The fourth-order valence-corrected chi connectivity index (χ4v) is 1.89. The summed E-state index contributed by atoms with van der Waals surface area (Å²) >= 11 is 5.70. The lowest BCUT2D eigenvalue weighted by atomic mass is 10.3. The molecule has 0 aliphatic heterocycles. The van der Waals surface area contributed by atoms with Gasteiger partial charge in [-0.05, 0) is 45.7 Å². The van der Waals surface area contributed by atoms with Gasteiger partial charge in [0.15, 0.2) is 0 Å². The van der Waals surface area contributed by atoms with Crippen molar-refractivity contribution < 1.29 is 4.74 Å². The minimum Gasteiger partial charge on any atom is -0.478 e. The van der Waals surface area contributed by atoms with Crippen molar-refractivity contribution in [3.05, 3.63) is 22.8 Å². The van der Waals surface area contributed by atoms with Gasteiger partial charge >= 0.3 is 0 Å². The van der Waals surface area contributed by atoms with Crippen LogP contribution in [0.5, 0.6) is 5.88 Å². The van der Waals surface area contributed by atoms with Crippen LogP contribution in [0.2, 0.25) is 0 Å². The molecule has 0 atom stereocenters. The highest BCUT2D eigenvalue weighted by atomic mass is 127. The highest BCUT2D eigenvalue weighted by Gasteiger charge is 1.95. The predicted molar refractivity (Wildman–Crippen MR) is 70.2 cm³/mol. The minimum absolute atomic E-state index is 0.703. The number of ether oxygens (including phenoxy) is 1. The molecule has 0 unspecified atom stereocenters. The molecule has 0 aromatic carbocycles. The van der Waals surface area contributed by atoms with Gasteiger partial charge in [-0.2, -0.15) is 0 Å². The Hall–Kier alpha value is 0.160. The Bertz CT molecular complexity index is 270. The average Bonchev–Trinajstić information content (AvgIpc) is 2.18. The van der Waals surface area contributed by atoms with E-state index in [1.807, 2.05) is 18.2 Å². The van der Waals surface area contributed by atoms with Gasteiger partial charge in [-0.25, -0.2) is 4.98 Å². The highest BCUT2D eigenvalue weighted by molar-refractivity contribution is 14.1. The van der Waals surface area contributed by atoms with E-state index in [4.69, 9.17) is 4.74 Å². The smallest absolute Gasteiger partial charge is 0.214 e. The van der Waals surface area contributed by atoms with Gasteiger partial charge in [0.05, 0.1) is 6.61 Å². The Morgan fingerprint density at radius 1 is 1.29 bits per heavy atom. The molecule has 78 valence electrons. The summed E-state index contributed by atoms with van der Waals surface area (Å²) in [5.74, 6) is 0.703. The maximum Gasteiger partial charge on any atom is 0.214 e. The maximum atomic E-state index is 5.49. The van der Waals surface area contributed by atoms with Crippen molar-refractivity contribution in [2.75, 3.05) is 11.0 Å². The quantitative estimate of drug-likeness (QED) is 0.329. The molecule has 0 saturated heterocycles. The highest BCUT2D eigenvalue weighted by Crippen LogP contribution is 2.12. The second-order valence-corrected chi connectivity index (χ2v) is 4.79. The third-order valence-corrected chi connectivity index (χ3v) is 2.92. The molecule has 1 aromatic rings. The van der Waals surface area contributed by atoms with Crippen molar-refractivity contribution >= 4 is 38.5 Å². The number of unbranched alkanes of at least 4 members (excludes halogenated alkanes) is 2. The van der Waals surface area contributed by atoms with Gasteiger partial charge in [0, 0.05) is 6.07 Å². The first-order valence-corrected chi connectivity index (χ1v) is 6.96. The van der Waals surface area contributed by atoms with Crippen molar-refractivity contribution in [2.24, 2.45) is 0 Å². The van der Waals surface area contributed by atoms with E-state index in [2.05, 4.69) is 43.5 Å². The first kappa shape index (κ1) is 12.2. The lowest BCUT2D eigenvalue weighted by Gasteiger charge is -2.04. The van der Waals surface area contributed by atoms with Crippen LogP contribution in [0.25, 0.3) is 0 Å². The first-order valence-electron chi connectivity index (χ1n) is 4.64. The Morgan fingerprint density at radius 2 is 2.14 bits per heavy atom. The van der Waals surface area contributed by atoms with Crippen molar-refractivity contribution in [3.8, 4) is 5.88 Å². The number of nitrogens with zero attached hydrogens (tertiary/aromatic N) is 1. The summed E-state index contributed by atoms with van der Waals surface area (Å²) in [5, 5.41) is 0. The molecule has 4 heteroatoms. The molecule has 0 aliphatic carbocycles. The van der Waals surface area contributed by atoms with Crippen LogP contribution in [-0.4, -0.2) is 16.0 Å². The van der Waals surface area contributed by atoms with Gasteiger partial charge in [0.1, 0.15) is 4.60 Å². The molecule has 0 spiro atoms. The lowest BCUT2D eigenvalue weighted by molar-refractivity contribution is 0.295. The molecular weight excluding hydrogens is 357 g/mol. The van der Waals surface area contributed by atoms with Crippen LogP contribution in [0.1, 0.15) is 19.3 Å². The normalized spacial score (nSPS) is 10.1. The summed E-state index contributed by atoms with van der Waals surface area (Å²) in [6, 6.07) is 5.70. The molecule has 1 rings (SSSR count). The lowest BCUT2D eigenvalue weighted by Crippen LogP contribution is -1.99. The summed E-state index contributed by atoms with van der Waals surface area (Å²) < 4.78 is 7.54. The van der Waals surface area contributed by atoms with Gasteiger partial charge in [0.2, 0.25) is 5.88 Å². The summed E-state index contributed by atoms with van der Waals surface area (Å²) in [6.45, 7) is 0.764. The van der Waals surface area contributed by atoms with Crippen LogP contribution in [0.15, 0.2) is 22.8 Å². The number of pyridine rings is 1. The minimum atomic E-state index is 0.703. The van der Waals surface area contributed by atoms with Crippen molar-refractivity contribution in [1.82, 2.24) is 4.98 Å². The fraction of sp³-hybridized carbons (Fsp3) is 0.500. The van der Waals surface area contributed by atoms with Crippen molar-refractivity contribution in [3.63, 3.8) is 0 Å². The summed E-state index contributed by atoms with van der Waals surface area (Å²) in [6.07, 6.45) is 3.62. The number of halogens is 2. The number of aromatic nitrogens is 1. The molecule has 0 aliphatic rings. The van der Waals surface area contributed by atoms with E-state index in [1.165, 1.54) is 17.3 Å². The topological polar surface area (TPSA) is 22.1 Å². The Balaban J connectivity index is 2.18. The van der Waals surface area contributed by atoms with Crippen LogP contribution in [0.3, 0.4) is 0 Å². The average molecular weight is 370 g/mol. The monoisotopic (exact) mass is 369 g/mol. The number of hydrogen-bond acceptors (Lipinski definition) is 2. The molecule has 1 heterocycles. The van der Waals surface area contributed by atoms with Crippen molar-refractivity contribution in [1.29, 1.82) is 0 Å². The molecule has 0 amide bonds. The van der Waals surface area contributed by atoms with Gasteiger partial charge in [-0.3, -0.25) is 0 Å². The fourth-order valence-electron chi connectivity index (χ4n) is 1.02. The molecule has 0 bridgehead atoms. The second-order valence-electron chi connectivity index (χ2n) is 2.90. The Kier molecular flexibility index (Phi) is 6.51. The second kappa shape index (κ2) is 7.45. The van der Waals surface area contributed by atoms with Crippen LogP contribution >= 0.6 is 38.5 Å². The van der Waals surface area contributed by atoms with E-state index >= 15 is 0 Å². The zero-order valence-corrected chi connectivity index (χ0v) is 11.6. The first-order chi connectivity index (χ1) is 6.83. The molecule has 0 radical (unpaired) electrons. The molecule has 0 fully saturated rings. The van der Waals surface area contributed by atoms with E-state index in [0.29, 0.717) is 5.88 Å². The Morgan fingerprint density at radius 3 is 2.86 bits per heavy atom. The third-order valence-electron chi connectivity index (χ3n) is 1.72. The summed E-state index contributed by atoms with van der Waals surface area (Å²) in [5.41, 5.74) is 0. The molecule has 14 heavy (non-hydrogen) atoms.